The molecule has 6 nitrogen and oxygen atoms in total. The first-order chi connectivity index (χ1) is 16.0. The van der Waals surface area contributed by atoms with Crippen molar-refractivity contribution in [3.05, 3.63) is 66.0 Å². The number of hydrogen-bond acceptors (Lipinski definition) is 5. The molecule has 5 aliphatic rings. The second-order valence-electron chi connectivity index (χ2n) is 9.22. The molecule has 2 aromatic rings. The van der Waals surface area contributed by atoms with E-state index in [0.29, 0.717) is 23.3 Å². The first-order valence-corrected chi connectivity index (χ1v) is 11.1. The van der Waals surface area contributed by atoms with Gasteiger partial charge in [0.05, 0.1) is 24.6 Å². The van der Waals surface area contributed by atoms with Crippen LogP contribution < -0.4 is 14.4 Å². The van der Waals surface area contributed by atoms with E-state index in [9.17, 15) is 18.8 Å². The molecule has 168 valence electrons. The number of carbonyl (C=O) groups is 3. The van der Waals surface area contributed by atoms with Gasteiger partial charge in [-0.15, -0.1) is 0 Å². The van der Waals surface area contributed by atoms with Crippen molar-refractivity contribution in [1.82, 2.24) is 0 Å². The quantitative estimate of drug-likeness (QED) is 0.384. The number of rotatable bonds is 6. The number of hydrogen-bond donors (Lipinski definition) is 0. The largest absolute Gasteiger partial charge is 0.494 e. The van der Waals surface area contributed by atoms with Gasteiger partial charge in [0.2, 0.25) is 11.8 Å². The van der Waals surface area contributed by atoms with E-state index >= 15 is 0 Å². The lowest BCUT2D eigenvalue weighted by Crippen LogP contribution is -2.40. The SMILES string of the molecule is COc1ccc(C(=O)COc2ccc(N3C(=O)[C@@H]4[C@H](C3=O)[C@@H]3C=C[C@H]4C4CC43)cc2)cc1F. The number of ketones is 1. The Hall–Kier alpha value is -3.48. The number of halogens is 1. The maximum Gasteiger partial charge on any atom is 0.238 e. The Bertz CT molecular complexity index is 1170. The summed E-state index contributed by atoms with van der Waals surface area (Å²) in [5, 5.41) is 0. The Kier molecular flexibility index (Phi) is 4.44. The van der Waals surface area contributed by atoms with E-state index in [1.165, 1.54) is 24.1 Å². The molecule has 2 unspecified atom stereocenters. The first kappa shape index (κ1) is 20.1. The van der Waals surface area contributed by atoms with Crippen molar-refractivity contribution in [1.29, 1.82) is 0 Å². The molecule has 2 bridgehead atoms. The van der Waals surface area contributed by atoms with Crippen molar-refractivity contribution in [2.24, 2.45) is 35.5 Å². The van der Waals surface area contributed by atoms with Gasteiger partial charge in [-0.05, 0) is 72.6 Å². The minimum Gasteiger partial charge on any atom is -0.494 e. The molecule has 0 radical (unpaired) electrons. The Morgan fingerprint density at radius 2 is 1.64 bits per heavy atom. The number of anilines is 1. The third kappa shape index (κ3) is 3.02. The molecule has 0 aromatic heterocycles. The number of nitrogens with zero attached hydrogens (tertiary/aromatic N) is 1. The van der Waals surface area contributed by atoms with Gasteiger partial charge in [-0.25, -0.2) is 4.39 Å². The highest BCUT2D eigenvalue weighted by Gasteiger charge is 2.67. The van der Waals surface area contributed by atoms with Crippen LogP contribution >= 0.6 is 0 Å². The molecule has 2 aromatic carbocycles. The van der Waals surface area contributed by atoms with Crippen LogP contribution in [0.2, 0.25) is 0 Å². The van der Waals surface area contributed by atoms with Gasteiger partial charge in [-0.1, -0.05) is 12.2 Å². The molecule has 0 N–H and O–H groups in total. The molecule has 1 heterocycles. The lowest BCUT2D eigenvalue weighted by atomic mass is 9.63. The summed E-state index contributed by atoms with van der Waals surface area (Å²) in [4.78, 5) is 40.0. The fourth-order valence-electron chi connectivity index (χ4n) is 5.97. The Morgan fingerprint density at radius 1 is 1.00 bits per heavy atom. The maximum absolute atomic E-state index is 13.8. The lowest BCUT2D eigenvalue weighted by Gasteiger charge is -2.37. The van der Waals surface area contributed by atoms with E-state index in [0.717, 1.165) is 12.5 Å². The van der Waals surface area contributed by atoms with Gasteiger partial charge in [-0.3, -0.25) is 19.3 Å². The van der Waals surface area contributed by atoms with Crippen molar-refractivity contribution in [3.63, 3.8) is 0 Å². The van der Waals surface area contributed by atoms with Gasteiger partial charge >= 0.3 is 0 Å². The molecular weight excluding hydrogens is 425 g/mol. The van der Waals surface area contributed by atoms with Crippen molar-refractivity contribution < 1.29 is 28.2 Å². The molecule has 33 heavy (non-hydrogen) atoms. The summed E-state index contributed by atoms with van der Waals surface area (Å²) < 4.78 is 24.2. The molecule has 1 aliphatic heterocycles. The third-order valence-electron chi connectivity index (χ3n) is 7.60. The zero-order chi connectivity index (χ0) is 22.9. The number of carbonyl (C=O) groups excluding carboxylic acids is 3. The molecule has 7 rings (SSSR count). The summed E-state index contributed by atoms with van der Waals surface area (Å²) >= 11 is 0. The monoisotopic (exact) mass is 447 g/mol. The summed E-state index contributed by atoms with van der Waals surface area (Å²) in [6.45, 7) is -0.269. The summed E-state index contributed by atoms with van der Waals surface area (Å²) in [7, 11) is 1.35. The van der Waals surface area contributed by atoms with Crippen LogP contribution in [0.4, 0.5) is 10.1 Å². The fourth-order valence-corrected chi connectivity index (χ4v) is 5.97. The van der Waals surface area contributed by atoms with Crippen molar-refractivity contribution in [2.45, 2.75) is 6.42 Å². The second kappa shape index (κ2) is 7.27. The smallest absolute Gasteiger partial charge is 0.238 e. The van der Waals surface area contributed by atoms with Crippen LogP contribution in [-0.4, -0.2) is 31.3 Å². The van der Waals surface area contributed by atoms with E-state index in [1.807, 2.05) is 0 Å². The standard InChI is InChI=1S/C26H22FNO5/c1-32-22-9-2-13(10-20(22)27)21(29)12-33-15-5-3-14(4-6-15)28-25(30)23-16-7-8-17(19-11-18(16)19)24(23)26(28)31/h2-10,16-19,23-24H,11-12H2,1H3/t16-,17+,18?,19?,23-,24+. The molecule has 7 heteroatoms. The Balaban J connectivity index is 1.14. The average molecular weight is 447 g/mol. The van der Waals surface area contributed by atoms with Crippen LogP contribution in [0.25, 0.3) is 0 Å². The molecule has 3 fully saturated rings. The maximum atomic E-state index is 13.8. The van der Waals surface area contributed by atoms with E-state index in [1.54, 1.807) is 24.3 Å². The molecule has 6 atom stereocenters. The molecule has 0 spiro atoms. The van der Waals surface area contributed by atoms with Crippen LogP contribution in [0.5, 0.6) is 11.5 Å². The molecule has 1 saturated heterocycles. The van der Waals surface area contributed by atoms with Crippen LogP contribution in [0, 0.1) is 41.3 Å². The zero-order valence-electron chi connectivity index (χ0n) is 17.9. The van der Waals surface area contributed by atoms with Gasteiger partial charge in [0.15, 0.2) is 24.0 Å². The number of amides is 2. The highest BCUT2D eigenvalue weighted by atomic mass is 19.1. The summed E-state index contributed by atoms with van der Waals surface area (Å²) in [6, 6.07) is 10.6. The Labute approximate surface area is 190 Å². The highest BCUT2D eigenvalue weighted by molar-refractivity contribution is 6.22. The van der Waals surface area contributed by atoms with E-state index < -0.39 is 5.82 Å². The average Bonchev–Trinajstić information content (AvgIpc) is 3.61. The molecule has 4 aliphatic carbocycles. The molecular formula is C26H22FNO5. The van der Waals surface area contributed by atoms with Crippen LogP contribution in [0.1, 0.15) is 16.8 Å². The van der Waals surface area contributed by atoms with Gasteiger partial charge < -0.3 is 9.47 Å². The van der Waals surface area contributed by atoms with Gasteiger partial charge in [0, 0.05) is 5.56 Å². The number of methoxy groups -OCH3 is 1. The van der Waals surface area contributed by atoms with Crippen LogP contribution in [0.15, 0.2) is 54.6 Å². The lowest BCUT2D eigenvalue weighted by molar-refractivity contribution is -0.124. The minimum atomic E-state index is -0.617. The van der Waals surface area contributed by atoms with Crippen LogP contribution in [0.3, 0.4) is 0 Å². The molecule has 2 saturated carbocycles. The first-order valence-electron chi connectivity index (χ1n) is 11.1. The molecule has 2 amide bonds. The predicted molar refractivity (Wildman–Crippen MR) is 116 cm³/mol. The van der Waals surface area contributed by atoms with E-state index in [2.05, 4.69) is 12.2 Å². The number of ether oxygens (including phenoxy) is 2. The number of allylic oxidation sites excluding steroid dienone is 2. The Morgan fingerprint density at radius 3 is 2.21 bits per heavy atom. The topological polar surface area (TPSA) is 72.9 Å². The summed E-state index contributed by atoms with van der Waals surface area (Å²) in [5.74, 6) is 0.270. The van der Waals surface area contributed by atoms with Crippen LogP contribution in [-0.2, 0) is 9.59 Å². The normalized spacial score (nSPS) is 30.8. The van der Waals surface area contributed by atoms with Crippen molar-refractivity contribution in [3.8, 4) is 11.5 Å². The summed E-state index contributed by atoms with van der Waals surface area (Å²) in [5.41, 5.74) is 0.699. The zero-order valence-corrected chi connectivity index (χ0v) is 17.9. The predicted octanol–water partition coefficient (Wildman–Crippen LogP) is 3.65. The van der Waals surface area contributed by atoms with Crippen molar-refractivity contribution in [2.75, 3.05) is 18.6 Å². The minimum absolute atomic E-state index is 0.0646. The third-order valence-corrected chi connectivity index (χ3v) is 7.60. The summed E-state index contributed by atoms with van der Waals surface area (Å²) in [6.07, 6.45) is 5.43. The van der Waals surface area contributed by atoms with E-state index in [-0.39, 0.29) is 59.2 Å². The second-order valence-corrected chi connectivity index (χ2v) is 9.22. The van der Waals surface area contributed by atoms with Gasteiger partial charge in [0.1, 0.15) is 5.75 Å². The number of Topliss-reactive ketones (excluding diaryl/α,β-unsaturated/α-hetero) is 1. The van der Waals surface area contributed by atoms with Gasteiger partial charge in [-0.2, -0.15) is 0 Å². The van der Waals surface area contributed by atoms with E-state index in [4.69, 9.17) is 9.47 Å². The fraction of sp³-hybridized carbons (Fsp3) is 0.346. The van der Waals surface area contributed by atoms with Gasteiger partial charge in [0.25, 0.3) is 0 Å². The number of imide groups is 1. The van der Waals surface area contributed by atoms with Crippen molar-refractivity contribution >= 4 is 23.3 Å². The highest BCUT2D eigenvalue weighted by Crippen LogP contribution is 2.65. The number of benzene rings is 2.